The van der Waals surface area contributed by atoms with E-state index in [1.807, 2.05) is 40.9 Å². The van der Waals surface area contributed by atoms with Gasteiger partial charge in [-0.15, -0.1) is 10.2 Å². The summed E-state index contributed by atoms with van der Waals surface area (Å²) in [6, 6.07) is 15.9. The molecule has 124 valence electrons. The number of fused-ring (bicyclic) bond motifs is 3. The van der Waals surface area contributed by atoms with Crippen LogP contribution in [0.15, 0.2) is 48.5 Å². The zero-order valence-corrected chi connectivity index (χ0v) is 14.1. The van der Waals surface area contributed by atoms with E-state index >= 15 is 0 Å². The minimum Gasteiger partial charge on any atom is -0.370 e. The molecule has 5 rings (SSSR count). The molecule has 1 atom stereocenters. The number of ether oxygens (including phenoxy) is 1. The van der Waals surface area contributed by atoms with E-state index in [0.29, 0.717) is 5.02 Å². The van der Waals surface area contributed by atoms with Crippen molar-refractivity contribution in [3.05, 3.63) is 59.4 Å². The highest BCUT2D eigenvalue weighted by Gasteiger charge is 2.25. The number of hydrogen-bond acceptors (Lipinski definition) is 4. The molecule has 2 aromatic heterocycles. The van der Waals surface area contributed by atoms with Gasteiger partial charge in [-0.25, -0.2) is 0 Å². The largest absolute Gasteiger partial charge is 0.370 e. The second kappa shape index (κ2) is 5.79. The zero-order valence-electron chi connectivity index (χ0n) is 13.4. The van der Waals surface area contributed by atoms with E-state index < -0.39 is 0 Å². The van der Waals surface area contributed by atoms with Crippen LogP contribution in [0.5, 0.6) is 0 Å². The topological polar surface area (TPSA) is 52.3 Å². The van der Waals surface area contributed by atoms with Crippen LogP contribution in [0.1, 0.15) is 24.8 Å². The Morgan fingerprint density at radius 1 is 1.00 bits per heavy atom. The van der Waals surface area contributed by atoms with Crippen LogP contribution < -0.4 is 0 Å². The second-order valence-corrected chi connectivity index (χ2v) is 6.63. The van der Waals surface area contributed by atoms with E-state index in [-0.39, 0.29) is 6.10 Å². The van der Waals surface area contributed by atoms with Crippen LogP contribution in [-0.4, -0.2) is 26.4 Å². The monoisotopic (exact) mass is 350 g/mol. The van der Waals surface area contributed by atoms with Crippen LogP contribution in [-0.2, 0) is 4.74 Å². The van der Waals surface area contributed by atoms with Crippen LogP contribution in [0.2, 0.25) is 5.02 Å². The molecule has 0 aliphatic carbocycles. The molecule has 3 heterocycles. The van der Waals surface area contributed by atoms with Crippen LogP contribution in [0.25, 0.3) is 27.7 Å². The highest BCUT2D eigenvalue weighted by molar-refractivity contribution is 6.30. The van der Waals surface area contributed by atoms with Gasteiger partial charge in [0.15, 0.2) is 11.5 Å². The average molecular weight is 351 g/mol. The van der Waals surface area contributed by atoms with Crippen molar-refractivity contribution in [2.24, 2.45) is 0 Å². The van der Waals surface area contributed by atoms with E-state index in [0.717, 1.165) is 52.9 Å². The lowest BCUT2D eigenvalue weighted by Crippen LogP contribution is -2.06. The molecule has 0 amide bonds. The van der Waals surface area contributed by atoms with E-state index in [1.54, 1.807) is 0 Å². The van der Waals surface area contributed by atoms with Crippen molar-refractivity contribution in [1.82, 2.24) is 19.8 Å². The molecule has 4 aromatic rings. The maximum Gasteiger partial charge on any atom is 0.185 e. The van der Waals surface area contributed by atoms with Crippen molar-refractivity contribution < 1.29 is 4.74 Å². The Morgan fingerprint density at radius 3 is 2.56 bits per heavy atom. The fourth-order valence-electron chi connectivity index (χ4n) is 3.40. The minimum atomic E-state index is -0.0401. The average Bonchev–Trinajstić information content (AvgIpc) is 3.31. The number of rotatable bonds is 2. The van der Waals surface area contributed by atoms with Gasteiger partial charge in [-0.2, -0.15) is 9.61 Å². The van der Waals surface area contributed by atoms with Crippen LogP contribution >= 0.6 is 11.6 Å². The lowest BCUT2D eigenvalue weighted by Gasteiger charge is -2.10. The van der Waals surface area contributed by atoms with E-state index in [2.05, 4.69) is 22.3 Å². The summed E-state index contributed by atoms with van der Waals surface area (Å²) < 4.78 is 7.63. The predicted octanol–water partition coefficient (Wildman–Crippen LogP) is 4.45. The SMILES string of the molecule is Clc1ccc(-c2nn3c([C@@H]4CCCO4)nnc3c3ccccc23)cc1. The summed E-state index contributed by atoms with van der Waals surface area (Å²) >= 11 is 6.04. The summed E-state index contributed by atoms with van der Waals surface area (Å²) in [7, 11) is 0. The highest BCUT2D eigenvalue weighted by Crippen LogP contribution is 2.32. The van der Waals surface area contributed by atoms with Gasteiger partial charge < -0.3 is 4.74 Å². The quantitative estimate of drug-likeness (QED) is 0.536. The smallest absolute Gasteiger partial charge is 0.185 e. The third-order valence-corrected chi connectivity index (χ3v) is 4.88. The van der Waals surface area contributed by atoms with Crippen molar-refractivity contribution in [2.75, 3.05) is 6.61 Å². The third kappa shape index (κ3) is 2.39. The Balaban J connectivity index is 1.82. The third-order valence-electron chi connectivity index (χ3n) is 4.62. The molecule has 0 N–H and O–H groups in total. The van der Waals surface area contributed by atoms with E-state index in [4.69, 9.17) is 21.4 Å². The zero-order chi connectivity index (χ0) is 16.8. The number of halogens is 1. The molecule has 0 spiro atoms. The highest BCUT2D eigenvalue weighted by atomic mass is 35.5. The lowest BCUT2D eigenvalue weighted by atomic mass is 10.0. The molecule has 0 bridgehead atoms. The number of aromatic nitrogens is 4. The summed E-state index contributed by atoms with van der Waals surface area (Å²) in [6.45, 7) is 0.761. The molecule has 1 saturated heterocycles. The van der Waals surface area contributed by atoms with Crippen molar-refractivity contribution >= 4 is 28.0 Å². The molecule has 0 saturated carbocycles. The van der Waals surface area contributed by atoms with Gasteiger partial charge in [-0.1, -0.05) is 48.0 Å². The van der Waals surface area contributed by atoms with Gasteiger partial charge in [0.25, 0.3) is 0 Å². The van der Waals surface area contributed by atoms with Crippen molar-refractivity contribution in [3.8, 4) is 11.3 Å². The van der Waals surface area contributed by atoms with E-state index in [9.17, 15) is 0 Å². The lowest BCUT2D eigenvalue weighted by molar-refractivity contribution is 0.103. The first-order chi connectivity index (χ1) is 12.3. The van der Waals surface area contributed by atoms with Crippen molar-refractivity contribution in [2.45, 2.75) is 18.9 Å². The molecule has 0 unspecified atom stereocenters. The Kier molecular flexibility index (Phi) is 3.43. The fourth-order valence-corrected chi connectivity index (χ4v) is 3.53. The molecule has 25 heavy (non-hydrogen) atoms. The first-order valence-corrected chi connectivity index (χ1v) is 8.70. The maximum atomic E-state index is 6.04. The molecule has 0 radical (unpaired) electrons. The van der Waals surface area contributed by atoms with Crippen molar-refractivity contribution in [3.63, 3.8) is 0 Å². The standard InChI is InChI=1S/C19H15ClN4O/c20-13-9-7-12(8-10-13)17-14-4-1-2-5-15(14)18-21-22-19(24(18)23-17)16-6-3-11-25-16/h1-2,4-5,7-10,16H,3,6,11H2/t16-/m0/s1. The Morgan fingerprint density at radius 2 is 1.80 bits per heavy atom. The second-order valence-electron chi connectivity index (χ2n) is 6.20. The van der Waals surface area contributed by atoms with Crippen LogP contribution in [0.3, 0.4) is 0 Å². The number of hydrogen-bond donors (Lipinski definition) is 0. The molecule has 6 heteroatoms. The first kappa shape index (κ1) is 14.8. The minimum absolute atomic E-state index is 0.0401. The van der Waals surface area contributed by atoms with Gasteiger partial charge in [0.1, 0.15) is 6.10 Å². The molecular weight excluding hydrogens is 336 g/mol. The van der Waals surface area contributed by atoms with Gasteiger partial charge in [0.05, 0.1) is 5.69 Å². The first-order valence-electron chi connectivity index (χ1n) is 8.33. The molecule has 2 aromatic carbocycles. The van der Waals surface area contributed by atoms with Gasteiger partial charge in [0.2, 0.25) is 0 Å². The Bertz CT molecular complexity index is 1070. The summed E-state index contributed by atoms with van der Waals surface area (Å²) in [6.07, 6.45) is 1.95. The maximum absolute atomic E-state index is 6.04. The van der Waals surface area contributed by atoms with Gasteiger partial charge in [-0.05, 0) is 25.0 Å². The summed E-state index contributed by atoms with van der Waals surface area (Å²) in [4.78, 5) is 0. The predicted molar refractivity (Wildman–Crippen MR) is 96.7 cm³/mol. The Labute approximate surface area is 149 Å². The van der Waals surface area contributed by atoms with E-state index in [1.165, 1.54) is 0 Å². The van der Waals surface area contributed by atoms with Gasteiger partial charge in [0, 0.05) is 28.0 Å². The molecule has 1 aliphatic heterocycles. The summed E-state index contributed by atoms with van der Waals surface area (Å²) in [5, 5.41) is 16.4. The normalized spacial score (nSPS) is 17.6. The van der Waals surface area contributed by atoms with Crippen LogP contribution in [0.4, 0.5) is 0 Å². The van der Waals surface area contributed by atoms with Gasteiger partial charge in [-0.3, -0.25) is 0 Å². The fraction of sp³-hybridized carbons (Fsp3) is 0.211. The molecular formula is C19H15ClN4O. The van der Waals surface area contributed by atoms with Crippen LogP contribution in [0, 0.1) is 0 Å². The summed E-state index contributed by atoms with van der Waals surface area (Å²) in [5.41, 5.74) is 2.66. The molecule has 1 aliphatic rings. The molecule has 5 nitrogen and oxygen atoms in total. The van der Waals surface area contributed by atoms with Gasteiger partial charge >= 0.3 is 0 Å². The van der Waals surface area contributed by atoms with Crippen molar-refractivity contribution in [1.29, 1.82) is 0 Å². The summed E-state index contributed by atoms with van der Waals surface area (Å²) in [5.74, 6) is 0.772. The molecule has 1 fully saturated rings. The Hall–Kier alpha value is -2.50. The number of benzene rings is 2. The number of nitrogens with zero attached hydrogens (tertiary/aromatic N) is 4.